The summed E-state index contributed by atoms with van der Waals surface area (Å²) in [6.07, 6.45) is -4.97. The van der Waals surface area contributed by atoms with E-state index in [4.69, 9.17) is 17.3 Å². The Morgan fingerprint density at radius 1 is 1.50 bits per heavy atom. The van der Waals surface area contributed by atoms with E-state index in [0.29, 0.717) is 0 Å². The van der Waals surface area contributed by atoms with Gasteiger partial charge in [0, 0.05) is 6.07 Å². The molecule has 0 saturated heterocycles. The first kappa shape index (κ1) is 10.7. The number of hydrogen-bond donors (Lipinski definition) is 2. The summed E-state index contributed by atoms with van der Waals surface area (Å²) < 4.78 is 38.6. The molecule has 0 atom stereocenters. The fourth-order valence-corrected chi connectivity index (χ4v) is 0.986. The van der Waals surface area contributed by atoms with Gasteiger partial charge < -0.3 is 15.5 Å². The van der Waals surface area contributed by atoms with E-state index in [1.54, 1.807) is 0 Å². The highest BCUT2D eigenvalue weighted by Gasteiger charge is 2.33. The fourth-order valence-electron chi connectivity index (χ4n) is 0.745. The molecule has 0 aliphatic heterocycles. The van der Waals surface area contributed by atoms with Gasteiger partial charge in [0.1, 0.15) is 5.82 Å². The van der Waals surface area contributed by atoms with Crippen LogP contribution < -0.4 is 15.9 Å². The smallest absolute Gasteiger partial charge is 0.398 e. The Kier molecular flexibility index (Phi) is 2.61. The van der Waals surface area contributed by atoms with Gasteiger partial charge in [-0.15, -0.1) is 13.2 Å². The number of anilines is 1. The standard InChI is InChI=1S/C6H4ClF3N2O2/c7-5-4(14-6(8,9)10)2(13)1-3(11)12-5/h1H,(H3,11,12,13). The minimum atomic E-state index is -4.97. The highest BCUT2D eigenvalue weighted by atomic mass is 35.5. The van der Waals surface area contributed by atoms with Crippen molar-refractivity contribution in [1.29, 1.82) is 0 Å². The Hall–Kier alpha value is -1.37. The minimum absolute atomic E-state index is 0.144. The molecule has 0 amide bonds. The van der Waals surface area contributed by atoms with E-state index >= 15 is 0 Å². The molecule has 0 unspecified atom stereocenters. The second kappa shape index (κ2) is 3.41. The predicted molar refractivity (Wildman–Crippen MR) is 43.2 cm³/mol. The second-order valence-electron chi connectivity index (χ2n) is 2.28. The molecule has 3 N–H and O–H groups in total. The number of ether oxygens (including phenoxy) is 1. The molecular formula is C6H4ClF3N2O2. The number of nitrogens with two attached hydrogens (primary N) is 1. The molecule has 1 heterocycles. The SMILES string of the molecule is Nc1cc(=O)c(OC(F)(F)F)c(Cl)[nH]1. The summed E-state index contributed by atoms with van der Waals surface area (Å²) in [4.78, 5) is 13.0. The number of pyridine rings is 1. The first-order valence-electron chi connectivity index (χ1n) is 3.23. The quantitative estimate of drug-likeness (QED) is 0.716. The topological polar surface area (TPSA) is 68.1 Å². The summed E-state index contributed by atoms with van der Waals surface area (Å²) >= 11 is 5.28. The van der Waals surface area contributed by atoms with Gasteiger partial charge in [-0.2, -0.15) is 0 Å². The zero-order chi connectivity index (χ0) is 10.9. The summed E-state index contributed by atoms with van der Waals surface area (Å²) in [7, 11) is 0. The number of nitrogens with one attached hydrogen (secondary N) is 1. The van der Waals surface area contributed by atoms with Crippen LogP contribution in [0.15, 0.2) is 10.9 Å². The third-order valence-electron chi connectivity index (χ3n) is 1.18. The molecule has 14 heavy (non-hydrogen) atoms. The average molecular weight is 229 g/mol. The number of aromatic nitrogens is 1. The Labute approximate surface area is 80.4 Å². The van der Waals surface area contributed by atoms with E-state index in [2.05, 4.69) is 9.72 Å². The highest BCUT2D eigenvalue weighted by Crippen LogP contribution is 2.25. The van der Waals surface area contributed by atoms with E-state index in [1.807, 2.05) is 0 Å². The van der Waals surface area contributed by atoms with Crippen molar-refractivity contribution < 1.29 is 17.9 Å². The van der Waals surface area contributed by atoms with Crippen molar-refractivity contribution in [1.82, 2.24) is 4.98 Å². The Morgan fingerprint density at radius 3 is 2.50 bits per heavy atom. The van der Waals surface area contributed by atoms with Crippen LogP contribution in [0.2, 0.25) is 5.15 Å². The number of H-pyrrole nitrogens is 1. The number of halogens is 4. The molecule has 0 aliphatic rings. The number of nitrogen functional groups attached to an aromatic ring is 1. The largest absolute Gasteiger partial charge is 0.573 e. The Morgan fingerprint density at radius 2 is 2.07 bits per heavy atom. The molecule has 1 rings (SSSR count). The molecule has 8 heteroatoms. The summed E-state index contributed by atoms with van der Waals surface area (Å²) in [5.74, 6) is -1.16. The summed E-state index contributed by atoms with van der Waals surface area (Å²) in [6.45, 7) is 0. The van der Waals surface area contributed by atoms with E-state index in [1.165, 1.54) is 0 Å². The Balaban J connectivity index is 3.16. The number of alkyl halides is 3. The maximum Gasteiger partial charge on any atom is 0.573 e. The molecule has 1 aromatic rings. The van der Waals surface area contributed by atoms with Crippen molar-refractivity contribution in [3.8, 4) is 5.75 Å². The van der Waals surface area contributed by atoms with Gasteiger partial charge >= 0.3 is 6.36 Å². The van der Waals surface area contributed by atoms with Crippen LogP contribution in [-0.4, -0.2) is 11.3 Å². The maximum absolute atomic E-state index is 11.7. The zero-order valence-corrected chi connectivity index (χ0v) is 7.24. The van der Waals surface area contributed by atoms with Crippen LogP contribution in [0.25, 0.3) is 0 Å². The molecule has 78 valence electrons. The molecule has 0 aromatic carbocycles. The summed E-state index contributed by atoms with van der Waals surface area (Å²) in [5.41, 5.74) is 4.08. The summed E-state index contributed by atoms with van der Waals surface area (Å²) in [5, 5.41) is -0.590. The predicted octanol–water partition coefficient (Wildman–Crippen LogP) is 1.51. The van der Waals surface area contributed by atoms with Crippen molar-refractivity contribution in [3.05, 3.63) is 21.4 Å². The first-order valence-corrected chi connectivity index (χ1v) is 3.61. The molecule has 0 spiro atoms. The molecule has 1 aromatic heterocycles. The third kappa shape index (κ3) is 2.56. The van der Waals surface area contributed by atoms with E-state index < -0.39 is 22.7 Å². The molecule has 0 radical (unpaired) electrons. The molecule has 0 saturated carbocycles. The lowest BCUT2D eigenvalue weighted by atomic mass is 10.4. The molecule has 0 bridgehead atoms. The van der Waals surface area contributed by atoms with Gasteiger partial charge in [0.05, 0.1) is 0 Å². The average Bonchev–Trinajstić information content (AvgIpc) is 1.95. The zero-order valence-electron chi connectivity index (χ0n) is 6.48. The van der Waals surface area contributed by atoms with E-state index in [9.17, 15) is 18.0 Å². The van der Waals surface area contributed by atoms with Crippen LogP contribution in [0, 0.1) is 0 Å². The van der Waals surface area contributed by atoms with Crippen molar-refractivity contribution in [3.63, 3.8) is 0 Å². The lowest BCUT2D eigenvalue weighted by Gasteiger charge is -2.09. The maximum atomic E-state index is 11.7. The van der Waals surface area contributed by atoms with Gasteiger partial charge in [-0.25, -0.2) is 0 Å². The van der Waals surface area contributed by atoms with Crippen molar-refractivity contribution in [2.24, 2.45) is 0 Å². The van der Waals surface area contributed by atoms with E-state index in [0.717, 1.165) is 6.07 Å². The number of hydrogen-bond acceptors (Lipinski definition) is 3. The van der Waals surface area contributed by atoms with Gasteiger partial charge in [-0.05, 0) is 0 Å². The van der Waals surface area contributed by atoms with Crippen LogP contribution in [-0.2, 0) is 0 Å². The van der Waals surface area contributed by atoms with Gasteiger partial charge in [0.2, 0.25) is 11.2 Å². The van der Waals surface area contributed by atoms with Crippen LogP contribution in [0.5, 0.6) is 5.75 Å². The minimum Gasteiger partial charge on any atom is -0.398 e. The first-order chi connectivity index (χ1) is 6.29. The van der Waals surface area contributed by atoms with Crippen molar-refractivity contribution in [2.45, 2.75) is 6.36 Å². The highest BCUT2D eigenvalue weighted by molar-refractivity contribution is 6.30. The fraction of sp³-hybridized carbons (Fsp3) is 0.167. The summed E-state index contributed by atoms with van der Waals surface area (Å²) in [6, 6.07) is 0.743. The molecular weight excluding hydrogens is 225 g/mol. The molecule has 0 aliphatic carbocycles. The lowest BCUT2D eigenvalue weighted by molar-refractivity contribution is -0.275. The second-order valence-corrected chi connectivity index (χ2v) is 2.66. The molecule has 4 nitrogen and oxygen atoms in total. The van der Waals surface area contributed by atoms with Gasteiger partial charge in [0.15, 0.2) is 5.15 Å². The van der Waals surface area contributed by atoms with Crippen LogP contribution in [0.4, 0.5) is 19.0 Å². The van der Waals surface area contributed by atoms with Crippen molar-refractivity contribution >= 4 is 17.4 Å². The third-order valence-corrected chi connectivity index (χ3v) is 1.45. The van der Waals surface area contributed by atoms with Gasteiger partial charge in [-0.1, -0.05) is 11.6 Å². The number of rotatable bonds is 1. The van der Waals surface area contributed by atoms with Crippen LogP contribution >= 0.6 is 11.6 Å². The monoisotopic (exact) mass is 228 g/mol. The van der Waals surface area contributed by atoms with Gasteiger partial charge in [0.25, 0.3) is 0 Å². The normalized spacial score (nSPS) is 11.4. The molecule has 0 fully saturated rings. The van der Waals surface area contributed by atoms with Gasteiger partial charge in [-0.3, -0.25) is 4.79 Å². The Bertz CT molecular complexity index is 401. The lowest BCUT2D eigenvalue weighted by Crippen LogP contribution is -2.22. The van der Waals surface area contributed by atoms with E-state index in [-0.39, 0.29) is 5.82 Å². The van der Waals surface area contributed by atoms with Crippen molar-refractivity contribution in [2.75, 3.05) is 5.73 Å². The number of aromatic amines is 1. The van der Waals surface area contributed by atoms with Crippen LogP contribution in [0.1, 0.15) is 0 Å². The van der Waals surface area contributed by atoms with Crippen LogP contribution in [0.3, 0.4) is 0 Å².